The van der Waals surface area contributed by atoms with Gasteiger partial charge >= 0.3 is 0 Å². The van der Waals surface area contributed by atoms with Gasteiger partial charge < -0.3 is 20.0 Å². The lowest BCUT2D eigenvalue weighted by molar-refractivity contribution is 0.426. The second-order valence-electron chi connectivity index (χ2n) is 5.59. The van der Waals surface area contributed by atoms with Crippen LogP contribution in [0.1, 0.15) is 6.92 Å². The zero-order valence-electron chi connectivity index (χ0n) is 13.0. The van der Waals surface area contributed by atoms with E-state index >= 15 is 0 Å². The number of phenols is 2. The number of nitrogens with zero attached hydrogens (tertiary/aromatic N) is 2. The van der Waals surface area contributed by atoms with Gasteiger partial charge in [-0.3, -0.25) is 0 Å². The summed E-state index contributed by atoms with van der Waals surface area (Å²) in [5.41, 5.74) is -0.188. The minimum absolute atomic E-state index is 0.0764. The van der Waals surface area contributed by atoms with Gasteiger partial charge in [-0.05, 0) is 13.0 Å². The molecule has 2 aromatic carbocycles. The summed E-state index contributed by atoms with van der Waals surface area (Å²) >= 11 is 0. The average molecular weight is 354 g/mol. The van der Waals surface area contributed by atoms with Crippen molar-refractivity contribution in [1.29, 1.82) is 0 Å². The van der Waals surface area contributed by atoms with Crippen LogP contribution in [-0.4, -0.2) is 22.9 Å². The largest absolute Gasteiger partial charge is 0.505 e. The van der Waals surface area contributed by atoms with E-state index in [1.807, 2.05) is 0 Å². The molecular formula is C17H14F4N2O2. The maximum absolute atomic E-state index is 14.1. The molecule has 0 bridgehead atoms. The quantitative estimate of drug-likeness (QED) is 0.805. The van der Waals surface area contributed by atoms with Crippen molar-refractivity contribution in [3.05, 3.63) is 59.8 Å². The van der Waals surface area contributed by atoms with E-state index < -0.39 is 40.9 Å². The van der Waals surface area contributed by atoms with E-state index in [0.29, 0.717) is 12.1 Å². The molecular weight excluding hydrogens is 340 g/mol. The molecule has 0 aromatic heterocycles. The van der Waals surface area contributed by atoms with E-state index in [-0.39, 0.29) is 17.9 Å². The lowest BCUT2D eigenvalue weighted by Gasteiger charge is -2.41. The van der Waals surface area contributed by atoms with Crippen molar-refractivity contribution in [2.24, 2.45) is 0 Å². The van der Waals surface area contributed by atoms with Crippen LogP contribution < -0.4 is 9.80 Å². The molecule has 0 saturated carbocycles. The first-order chi connectivity index (χ1) is 11.8. The lowest BCUT2D eigenvalue weighted by Crippen LogP contribution is -2.48. The van der Waals surface area contributed by atoms with Gasteiger partial charge in [-0.2, -0.15) is 0 Å². The van der Waals surface area contributed by atoms with Crippen molar-refractivity contribution >= 4 is 11.4 Å². The summed E-state index contributed by atoms with van der Waals surface area (Å²) in [5, 5.41) is 19.0. The molecule has 4 nitrogen and oxygen atoms in total. The summed E-state index contributed by atoms with van der Waals surface area (Å²) in [4.78, 5) is 2.81. The molecule has 0 radical (unpaired) electrons. The van der Waals surface area contributed by atoms with Crippen LogP contribution in [0, 0.1) is 23.3 Å². The zero-order valence-corrected chi connectivity index (χ0v) is 13.0. The van der Waals surface area contributed by atoms with Gasteiger partial charge in [0.1, 0.15) is 17.8 Å². The Balaban J connectivity index is 2.01. The Morgan fingerprint density at radius 3 is 1.96 bits per heavy atom. The minimum atomic E-state index is -1.10. The van der Waals surface area contributed by atoms with Crippen LogP contribution in [-0.2, 0) is 0 Å². The van der Waals surface area contributed by atoms with Crippen molar-refractivity contribution in [2.75, 3.05) is 16.3 Å². The third kappa shape index (κ3) is 2.95. The summed E-state index contributed by atoms with van der Waals surface area (Å²) in [6.45, 7) is 1.83. The van der Waals surface area contributed by atoms with Crippen molar-refractivity contribution in [2.45, 2.75) is 13.1 Å². The Hall–Kier alpha value is -2.90. The summed E-state index contributed by atoms with van der Waals surface area (Å²) in [5.74, 6) is -5.42. The molecule has 132 valence electrons. The van der Waals surface area contributed by atoms with Crippen LogP contribution >= 0.6 is 0 Å². The van der Waals surface area contributed by atoms with Crippen molar-refractivity contribution in [3.63, 3.8) is 0 Å². The maximum atomic E-state index is 14.1. The lowest BCUT2D eigenvalue weighted by atomic mass is 10.1. The van der Waals surface area contributed by atoms with E-state index in [4.69, 9.17) is 0 Å². The third-order valence-electron chi connectivity index (χ3n) is 4.04. The Morgan fingerprint density at radius 2 is 1.36 bits per heavy atom. The predicted molar refractivity (Wildman–Crippen MR) is 84.5 cm³/mol. The first-order valence-electron chi connectivity index (χ1n) is 7.37. The highest BCUT2D eigenvalue weighted by Crippen LogP contribution is 2.34. The van der Waals surface area contributed by atoms with Gasteiger partial charge in [0.05, 0.1) is 11.4 Å². The van der Waals surface area contributed by atoms with Crippen LogP contribution in [0.3, 0.4) is 0 Å². The number of benzene rings is 2. The number of anilines is 2. The second-order valence-corrected chi connectivity index (χ2v) is 5.59. The van der Waals surface area contributed by atoms with Gasteiger partial charge in [0, 0.05) is 37.0 Å². The molecule has 0 aliphatic carbocycles. The Labute approximate surface area is 140 Å². The standard InChI is InChI=1S/C17H14F4N2O2/c1-9-22(14-7-16(24)12(20)5-10(14)18)3-2-4-23(9)15-8-17(25)13(21)6-11(15)19/h2-3,5-9,24-25H,4H2,1H3. The Bertz CT molecular complexity index is 857. The molecule has 1 aliphatic rings. The third-order valence-corrected chi connectivity index (χ3v) is 4.04. The first-order valence-corrected chi connectivity index (χ1v) is 7.37. The van der Waals surface area contributed by atoms with Crippen molar-refractivity contribution in [1.82, 2.24) is 0 Å². The first kappa shape index (κ1) is 16.9. The fourth-order valence-corrected chi connectivity index (χ4v) is 2.75. The maximum Gasteiger partial charge on any atom is 0.167 e. The summed E-state index contributed by atoms with van der Waals surface area (Å²) in [6.07, 6.45) is 2.43. The smallest absolute Gasteiger partial charge is 0.167 e. The fraction of sp³-hybridized carbons (Fsp3) is 0.176. The molecule has 8 heteroatoms. The van der Waals surface area contributed by atoms with Crippen LogP contribution in [0.2, 0.25) is 0 Å². The molecule has 25 heavy (non-hydrogen) atoms. The van der Waals surface area contributed by atoms with Crippen LogP contribution in [0.4, 0.5) is 28.9 Å². The van der Waals surface area contributed by atoms with Crippen LogP contribution in [0.25, 0.3) is 0 Å². The SMILES string of the molecule is CC1N(c2cc(O)c(F)cc2F)C=CCN1c1cc(O)c(F)cc1F. The Morgan fingerprint density at radius 1 is 0.840 bits per heavy atom. The summed E-state index contributed by atoms with van der Waals surface area (Å²) in [7, 11) is 0. The molecule has 1 atom stereocenters. The summed E-state index contributed by atoms with van der Waals surface area (Å²) in [6, 6.07) is 2.98. The molecule has 2 N–H and O–H groups in total. The highest BCUT2D eigenvalue weighted by Gasteiger charge is 2.28. The number of aromatic hydroxyl groups is 2. The number of hydrogen-bond acceptors (Lipinski definition) is 4. The summed E-state index contributed by atoms with van der Waals surface area (Å²) < 4.78 is 54.7. The molecule has 2 aromatic rings. The molecule has 0 spiro atoms. The van der Waals surface area contributed by atoms with Gasteiger partial charge in [0.25, 0.3) is 0 Å². The fourth-order valence-electron chi connectivity index (χ4n) is 2.75. The van der Waals surface area contributed by atoms with E-state index in [1.54, 1.807) is 13.0 Å². The van der Waals surface area contributed by atoms with Gasteiger partial charge in [-0.1, -0.05) is 0 Å². The Kier molecular flexibility index (Phi) is 4.20. The molecule has 0 fully saturated rings. The minimum Gasteiger partial charge on any atom is -0.505 e. The van der Waals surface area contributed by atoms with E-state index in [1.165, 1.54) is 16.0 Å². The number of hydrogen-bond donors (Lipinski definition) is 2. The van der Waals surface area contributed by atoms with Gasteiger partial charge in [0.15, 0.2) is 23.1 Å². The van der Waals surface area contributed by atoms with Gasteiger partial charge in [-0.15, -0.1) is 0 Å². The molecule has 0 amide bonds. The second kappa shape index (κ2) is 6.19. The predicted octanol–water partition coefficient (Wildman–Crippen LogP) is 3.84. The molecule has 1 unspecified atom stereocenters. The highest BCUT2D eigenvalue weighted by atomic mass is 19.1. The van der Waals surface area contributed by atoms with E-state index in [2.05, 4.69) is 0 Å². The monoisotopic (exact) mass is 354 g/mol. The topological polar surface area (TPSA) is 46.9 Å². The number of rotatable bonds is 2. The number of phenolic OH excluding ortho intramolecular Hbond substituents is 2. The molecule has 3 rings (SSSR count). The van der Waals surface area contributed by atoms with Crippen molar-refractivity contribution in [3.8, 4) is 11.5 Å². The van der Waals surface area contributed by atoms with Gasteiger partial charge in [-0.25, -0.2) is 17.6 Å². The normalized spacial score (nSPS) is 17.2. The highest BCUT2D eigenvalue weighted by molar-refractivity contribution is 5.61. The van der Waals surface area contributed by atoms with Crippen LogP contribution in [0.15, 0.2) is 36.5 Å². The average Bonchev–Trinajstić information content (AvgIpc) is 2.55. The van der Waals surface area contributed by atoms with E-state index in [9.17, 15) is 27.8 Å². The molecule has 1 aliphatic heterocycles. The van der Waals surface area contributed by atoms with Gasteiger partial charge in [0.2, 0.25) is 0 Å². The van der Waals surface area contributed by atoms with Crippen LogP contribution in [0.5, 0.6) is 11.5 Å². The number of halogens is 4. The molecule has 1 heterocycles. The van der Waals surface area contributed by atoms with E-state index in [0.717, 1.165) is 12.1 Å². The zero-order chi connectivity index (χ0) is 18.3. The van der Waals surface area contributed by atoms with Crippen molar-refractivity contribution < 1.29 is 27.8 Å². The molecule has 0 saturated heterocycles.